The summed E-state index contributed by atoms with van der Waals surface area (Å²) < 4.78 is 5.44. The summed E-state index contributed by atoms with van der Waals surface area (Å²) in [6, 6.07) is -0.673. The number of nitrogens with one attached hydrogen (secondary N) is 1. The van der Waals surface area contributed by atoms with Gasteiger partial charge in [-0.05, 0) is 83.5 Å². The van der Waals surface area contributed by atoms with Gasteiger partial charge in [-0.2, -0.15) is 0 Å². The Hall–Kier alpha value is -2.44. The van der Waals surface area contributed by atoms with E-state index in [-0.39, 0.29) is 18.5 Å². The number of hydrogen-bond donors (Lipinski definition) is 3. The van der Waals surface area contributed by atoms with Crippen LogP contribution in [0.2, 0.25) is 0 Å². The first-order chi connectivity index (χ1) is 29.5. The van der Waals surface area contributed by atoms with Crippen LogP contribution in [0.4, 0.5) is 0 Å². The van der Waals surface area contributed by atoms with Gasteiger partial charge in [-0.15, -0.1) is 0 Å². The normalized spacial score (nSPS) is 13.2. The van der Waals surface area contributed by atoms with Crippen LogP contribution >= 0.6 is 0 Å². The number of esters is 1. The number of amides is 1. The van der Waals surface area contributed by atoms with Gasteiger partial charge in [0.05, 0.1) is 25.4 Å². The third-order valence-corrected chi connectivity index (χ3v) is 11.3. The van der Waals surface area contributed by atoms with E-state index in [0.29, 0.717) is 25.9 Å². The molecule has 0 heterocycles. The Morgan fingerprint density at radius 2 is 0.850 bits per heavy atom. The highest BCUT2D eigenvalue weighted by molar-refractivity contribution is 5.76. The van der Waals surface area contributed by atoms with Crippen molar-refractivity contribution >= 4 is 11.9 Å². The van der Waals surface area contributed by atoms with Gasteiger partial charge in [-0.3, -0.25) is 9.59 Å². The SMILES string of the molecule is CCCCCC/C=C\C/C=C\CCCCCCCC(=O)OCCCCCCCC/C=C\C/C=C\CCC(=O)NC(CO)C(O)/C=C/CCCCCCCCCCCCCC. The molecule has 0 aromatic carbocycles. The summed E-state index contributed by atoms with van der Waals surface area (Å²) >= 11 is 0. The molecular weight excluding hydrogens is 743 g/mol. The molecule has 0 bridgehead atoms. The molecule has 0 aromatic rings. The Balaban J connectivity index is 3.60. The lowest BCUT2D eigenvalue weighted by Crippen LogP contribution is -2.45. The lowest BCUT2D eigenvalue weighted by molar-refractivity contribution is -0.143. The summed E-state index contributed by atoms with van der Waals surface area (Å²) in [5.74, 6) is -0.184. The van der Waals surface area contributed by atoms with Crippen LogP contribution in [0.5, 0.6) is 0 Å². The van der Waals surface area contributed by atoms with E-state index in [2.05, 4.69) is 61.7 Å². The van der Waals surface area contributed by atoms with Gasteiger partial charge in [0.15, 0.2) is 0 Å². The number of aliphatic hydroxyl groups is 2. The molecule has 6 heteroatoms. The van der Waals surface area contributed by atoms with Gasteiger partial charge < -0.3 is 20.3 Å². The zero-order valence-electron chi connectivity index (χ0n) is 39.4. The number of ether oxygens (including phenoxy) is 1. The lowest BCUT2D eigenvalue weighted by Gasteiger charge is -2.19. The van der Waals surface area contributed by atoms with Gasteiger partial charge in [0, 0.05) is 12.8 Å². The Labute approximate surface area is 371 Å². The Morgan fingerprint density at radius 1 is 0.467 bits per heavy atom. The molecule has 2 atom stereocenters. The van der Waals surface area contributed by atoms with Crippen molar-refractivity contribution in [3.8, 4) is 0 Å². The van der Waals surface area contributed by atoms with Gasteiger partial charge >= 0.3 is 5.97 Å². The fourth-order valence-corrected chi connectivity index (χ4v) is 7.30. The number of hydrogen-bond acceptors (Lipinski definition) is 5. The van der Waals surface area contributed by atoms with Crippen LogP contribution in [-0.4, -0.2) is 47.4 Å². The van der Waals surface area contributed by atoms with Gasteiger partial charge in [0.25, 0.3) is 0 Å². The first-order valence-corrected chi connectivity index (χ1v) is 25.6. The molecule has 0 saturated carbocycles. The van der Waals surface area contributed by atoms with Crippen molar-refractivity contribution in [3.63, 3.8) is 0 Å². The maximum atomic E-state index is 12.4. The molecule has 0 aliphatic rings. The van der Waals surface area contributed by atoms with E-state index in [1.54, 1.807) is 6.08 Å². The average molecular weight is 840 g/mol. The molecule has 3 N–H and O–H groups in total. The zero-order chi connectivity index (χ0) is 43.7. The number of carbonyl (C=O) groups is 2. The number of carbonyl (C=O) groups excluding carboxylic acids is 2. The van der Waals surface area contributed by atoms with Crippen molar-refractivity contribution < 1.29 is 24.5 Å². The van der Waals surface area contributed by atoms with Gasteiger partial charge in [-0.1, -0.05) is 209 Å². The third kappa shape index (κ3) is 45.1. The van der Waals surface area contributed by atoms with Gasteiger partial charge in [0.1, 0.15) is 0 Å². The molecule has 0 fully saturated rings. The smallest absolute Gasteiger partial charge is 0.305 e. The maximum absolute atomic E-state index is 12.4. The maximum Gasteiger partial charge on any atom is 0.305 e. The largest absolute Gasteiger partial charge is 0.466 e. The fraction of sp³-hybridized carbons (Fsp3) is 0.778. The molecule has 0 radical (unpaired) electrons. The van der Waals surface area contributed by atoms with E-state index in [9.17, 15) is 19.8 Å². The van der Waals surface area contributed by atoms with E-state index in [1.807, 2.05) is 12.2 Å². The molecule has 0 spiro atoms. The fourth-order valence-electron chi connectivity index (χ4n) is 7.30. The minimum atomic E-state index is -0.880. The van der Waals surface area contributed by atoms with Crippen molar-refractivity contribution in [2.75, 3.05) is 13.2 Å². The number of unbranched alkanes of at least 4 members (excludes halogenated alkanes) is 27. The molecule has 0 rings (SSSR count). The summed E-state index contributed by atoms with van der Waals surface area (Å²) in [7, 11) is 0. The highest BCUT2D eigenvalue weighted by atomic mass is 16.5. The first-order valence-electron chi connectivity index (χ1n) is 25.6. The molecule has 348 valence electrons. The minimum absolute atomic E-state index is 0.0332. The topological polar surface area (TPSA) is 95.9 Å². The summed E-state index contributed by atoms with van der Waals surface area (Å²) in [4.78, 5) is 24.4. The highest BCUT2D eigenvalue weighted by Gasteiger charge is 2.17. The number of aliphatic hydroxyl groups excluding tert-OH is 2. The second-order valence-electron chi connectivity index (χ2n) is 17.1. The lowest BCUT2D eigenvalue weighted by atomic mass is 10.0. The monoisotopic (exact) mass is 840 g/mol. The molecule has 2 unspecified atom stereocenters. The predicted octanol–water partition coefficient (Wildman–Crippen LogP) is 15.2. The van der Waals surface area contributed by atoms with E-state index >= 15 is 0 Å². The van der Waals surface area contributed by atoms with Crippen LogP contribution < -0.4 is 5.32 Å². The Bertz CT molecular complexity index is 1060. The third-order valence-electron chi connectivity index (χ3n) is 11.3. The van der Waals surface area contributed by atoms with Crippen molar-refractivity contribution in [2.24, 2.45) is 0 Å². The Kier molecular flexibility index (Phi) is 47.2. The summed E-state index contributed by atoms with van der Waals surface area (Å²) in [6.45, 7) is 4.79. The zero-order valence-corrected chi connectivity index (χ0v) is 39.4. The summed E-state index contributed by atoms with van der Waals surface area (Å²) in [5.41, 5.74) is 0. The minimum Gasteiger partial charge on any atom is -0.466 e. The molecule has 0 aromatic heterocycles. The number of rotatable bonds is 46. The second-order valence-corrected chi connectivity index (χ2v) is 17.1. The first kappa shape index (κ1) is 57.6. The van der Waals surface area contributed by atoms with Crippen molar-refractivity contribution in [1.82, 2.24) is 5.32 Å². The van der Waals surface area contributed by atoms with Crippen LogP contribution in [0.1, 0.15) is 245 Å². The van der Waals surface area contributed by atoms with E-state index in [1.165, 1.54) is 148 Å². The summed E-state index contributed by atoms with van der Waals surface area (Å²) in [6.07, 6.45) is 62.3. The van der Waals surface area contributed by atoms with Gasteiger partial charge in [-0.25, -0.2) is 0 Å². The molecule has 0 saturated heterocycles. The van der Waals surface area contributed by atoms with Crippen LogP contribution in [-0.2, 0) is 14.3 Å². The molecule has 60 heavy (non-hydrogen) atoms. The van der Waals surface area contributed by atoms with Gasteiger partial charge in [0.2, 0.25) is 5.91 Å². The highest BCUT2D eigenvalue weighted by Crippen LogP contribution is 2.14. The van der Waals surface area contributed by atoms with Crippen molar-refractivity contribution in [1.29, 1.82) is 0 Å². The van der Waals surface area contributed by atoms with E-state index < -0.39 is 12.1 Å². The van der Waals surface area contributed by atoms with Crippen LogP contribution in [0, 0.1) is 0 Å². The number of allylic oxidation sites excluding steroid dienone is 9. The van der Waals surface area contributed by atoms with Crippen LogP contribution in [0.3, 0.4) is 0 Å². The average Bonchev–Trinajstić information content (AvgIpc) is 3.25. The summed E-state index contributed by atoms with van der Waals surface area (Å²) in [5, 5.41) is 22.9. The molecular formula is C54H97NO5. The molecule has 6 nitrogen and oxygen atoms in total. The molecule has 1 amide bonds. The molecule has 0 aliphatic carbocycles. The van der Waals surface area contributed by atoms with Crippen molar-refractivity contribution in [3.05, 3.63) is 60.8 Å². The standard InChI is InChI=1S/C54H97NO5/c1-3-5-7-9-11-13-15-17-19-20-24-28-32-36-40-44-48-54(59)60-49-45-41-37-33-29-25-21-23-27-31-35-39-43-47-53(58)55-51(50-56)52(57)46-42-38-34-30-26-22-18-16-14-12-10-8-6-4-2/h13,15,19-20,23,27,35,39,42,46,51-52,56-57H,3-12,14,16-18,21-22,24-26,28-34,36-38,40-41,43-45,47-50H2,1-2H3,(H,55,58)/b15-13-,20-19-,27-23-,39-35-,46-42+. The molecule has 0 aliphatic heterocycles. The van der Waals surface area contributed by atoms with E-state index in [4.69, 9.17) is 4.74 Å². The van der Waals surface area contributed by atoms with Crippen molar-refractivity contribution in [2.45, 2.75) is 257 Å². The quantitative estimate of drug-likeness (QED) is 0.0322. The predicted molar refractivity (Wildman–Crippen MR) is 259 cm³/mol. The van der Waals surface area contributed by atoms with E-state index in [0.717, 1.165) is 64.2 Å². The Morgan fingerprint density at radius 3 is 1.32 bits per heavy atom. The van der Waals surface area contributed by atoms with Crippen LogP contribution in [0.15, 0.2) is 60.8 Å². The van der Waals surface area contributed by atoms with Crippen LogP contribution in [0.25, 0.3) is 0 Å². The second kappa shape index (κ2) is 49.2.